The van der Waals surface area contributed by atoms with Crippen molar-refractivity contribution in [3.63, 3.8) is 0 Å². The number of hydrogen-bond donors (Lipinski definition) is 0. The van der Waals surface area contributed by atoms with Crippen LogP contribution in [0.15, 0.2) is 42.5 Å². The molecule has 0 saturated carbocycles. The lowest BCUT2D eigenvalue weighted by atomic mass is 10.1. The van der Waals surface area contributed by atoms with Crippen molar-refractivity contribution in [1.82, 2.24) is 0 Å². The van der Waals surface area contributed by atoms with Crippen LogP contribution < -0.4 is 0 Å². The van der Waals surface area contributed by atoms with Crippen LogP contribution in [0.2, 0.25) is 0 Å². The van der Waals surface area contributed by atoms with E-state index >= 15 is 0 Å². The highest BCUT2D eigenvalue weighted by atomic mass is 13.9. The average molecular weight is 226 g/mol. The van der Waals surface area contributed by atoms with Gasteiger partial charge in [0.1, 0.15) is 0 Å². The van der Waals surface area contributed by atoms with Crippen LogP contribution in [-0.4, -0.2) is 0 Å². The van der Waals surface area contributed by atoms with Crippen molar-refractivity contribution in [1.29, 1.82) is 0 Å². The summed E-state index contributed by atoms with van der Waals surface area (Å²) in [5, 5.41) is 0. The van der Waals surface area contributed by atoms with E-state index in [1.54, 1.807) is 0 Å². The molecule has 17 heavy (non-hydrogen) atoms. The summed E-state index contributed by atoms with van der Waals surface area (Å²) in [7, 11) is 0. The molecule has 0 saturated heterocycles. The van der Waals surface area contributed by atoms with Gasteiger partial charge < -0.3 is 0 Å². The van der Waals surface area contributed by atoms with E-state index in [-0.39, 0.29) is 0 Å². The van der Waals surface area contributed by atoms with Gasteiger partial charge in [-0.1, -0.05) is 70.3 Å². The molecular formula is C17H22. The maximum absolute atomic E-state index is 2.19. The Balaban J connectivity index is 0.000000171. The van der Waals surface area contributed by atoms with Crippen LogP contribution in [0.25, 0.3) is 0 Å². The van der Waals surface area contributed by atoms with Gasteiger partial charge in [0.05, 0.1) is 0 Å². The van der Waals surface area contributed by atoms with Crippen molar-refractivity contribution in [2.45, 2.75) is 34.6 Å². The van der Waals surface area contributed by atoms with Gasteiger partial charge in [0.25, 0.3) is 0 Å². The molecule has 0 heterocycles. The van der Waals surface area contributed by atoms with Crippen LogP contribution in [0.4, 0.5) is 0 Å². The summed E-state index contributed by atoms with van der Waals surface area (Å²) in [4.78, 5) is 0. The monoisotopic (exact) mass is 226 g/mol. The molecule has 0 unspecified atom stereocenters. The average Bonchev–Trinajstić information content (AvgIpc) is 2.21. The van der Waals surface area contributed by atoms with E-state index in [0.29, 0.717) is 0 Å². The third-order valence-electron chi connectivity index (χ3n) is 2.58. The number of benzene rings is 2. The summed E-state index contributed by atoms with van der Waals surface area (Å²) in [6.07, 6.45) is 0. The highest BCUT2D eigenvalue weighted by Crippen LogP contribution is 2.06. The van der Waals surface area contributed by atoms with E-state index in [4.69, 9.17) is 0 Å². The Morgan fingerprint density at radius 2 is 0.647 bits per heavy atom. The first kappa shape index (κ1) is 13.5. The van der Waals surface area contributed by atoms with Gasteiger partial charge in [0, 0.05) is 0 Å². The van der Waals surface area contributed by atoms with Gasteiger partial charge in [-0.2, -0.15) is 0 Å². The lowest BCUT2D eigenvalue weighted by molar-refractivity contribution is 1.32. The highest BCUT2D eigenvalue weighted by Gasteiger charge is 1.87. The molecule has 0 aliphatic rings. The summed E-state index contributed by atoms with van der Waals surface area (Å²) in [6, 6.07) is 15.0. The molecule has 0 heteroatoms. The maximum atomic E-state index is 2.19. The normalized spacial score (nSPS) is 9.47. The van der Waals surface area contributed by atoms with Crippen LogP contribution in [0.1, 0.15) is 27.8 Å². The maximum Gasteiger partial charge on any atom is -0.0398 e. The van der Waals surface area contributed by atoms with E-state index in [1.807, 2.05) is 0 Å². The Labute approximate surface area is 105 Å². The fourth-order valence-corrected chi connectivity index (χ4v) is 1.84. The first-order valence-corrected chi connectivity index (χ1v) is 6.05. The minimum atomic E-state index is 1.33. The Hall–Kier alpha value is -1.56. The zero-order valence-electron chi connectivity index (χ0n) is 11.5. The van der Waals surface area contributed by atoms with Gasteiger partial charge in [0.15, 0.2) is 0 Å². The summed E-state index contributed by atoms with van der Waals surface area (Å²) < 4.78 is 0. The van der Waals surface area contributed by atoms with E-state index in [0.717, 1.165) is 0 Å². The molecule has 2 rings (SSSR count). The number of hydrogen-bond acceptors (Lipinski definition) is 0. The molecule has 0 atom stereocenters. The lowest BCUT2D eigenvalue weighted by Gasteiger charge is -1.96. The SMILES string of the molecule is Cc1cc(C)cc(C)c1.Cc1ccc(C)cc1. The molecule has 0 aromatic heterocycles. The molecule has 0 N–H and O–H groups in total. The standard InChI is InChI=1S/C9H12.C8H10/c1-7-4-8(2)6-9(3)5-7;1-7-3-5-8(2)6-4-7/h4-6H,1-3H3;3-6H,1-2H3. The molecule has 2 aromatic rings. The molecule has 0 aliphatic carbocycles. The van der Waals surface area contributed by atoms with E-state index < -0.39 is 0 Å². The van der Waals surface area contributed by atoms with E-state index in [1.165, 1.54) is 27.8 Å². The highest BCUT2D eigenvalue weighted by molar-refractivity contribution is 5.27. The molecule has 0 amide bonds. The molecule has 0 radical (unpaired) electrons. The van der Waals surface area contributed by atoms with E-state index in [2.05, 4.69) is 77.1 Å². The van der Waals surface area contributed by atoms with Crippen molar-refractivity contribution < 1.29 is 0 Å². The number of rotatable bonds is 0. The fourth-order valence-electron chi connectivity index (χ4n) is 1.84. The quantitative estimate of drug-likeness (QED) is 0.598. The van der Waals surface area contributed by atoms with Gasteiger partial charge in [-0.05, 0) is 34.6 Å². The summed E-state index contributed by atoms with van der Waals surface area (Å²) in [5.74, 6) is 0. The molecular weight excluding hydrogens is 204 g/mol. The van der Waals surface area contributed by atoms with Crippen LogP contribution in [0, 0.1) is 34.6 Å². The zero-order valence-corrected chi connectivity index (χ0v) is 11.5. The second-order valence-corrected chi connectivity index (χ2v) is 4.82. The largest absolute Gasteiger partial charge is 0.0591 e. The number of aryl methyl sites for hydroxylation is 5. The van der Waals surface area contributed by atoms with Crippen molar-refractivity contribution in [2.24, 2.45) is 0 Å². The van der Waals surface area contributed by atoms with Gasteiger partial charge in [-0.15, -0.1) is 0 Å². The Morgan fingerprint density at radius 3 is 0.882 bits per heavy atom. The molecule has 0 spiro atoms. The Morgan fingerprint density at radius 1 is 0.412 bits per heavy atom. The minimum Gasteiger partial charge on any atom is -0.0591 e. The van der Waals surface area contributed by atoms with Gasteiger partial charge in [0.2, 0.25) is 0 Å². The lowest BCUT2D eigenvalue weighted by Crippen LogP contribution is -1.78. The molecule has 0 nitrogen and oxygen atoms in total. The second-order valence-electron chi connectivity index (χ2n) is 4.82. The van der Waals surface area contributed by atoms with Crippen LogP contribution >= 0.6 is 0 Å². The van der Waals surface area contributed by atoms with Gasteiger partial charge in [-0.3, -0.25) is 0 Å². The van der Waals surface area contributed by atoms with Crippen LogP contribution in [-0.2, 0) is 0 Å². The molecule has 0 bridgehead atoms. The smallest absolute Gasteiger partial charge is 0.0398 e. The third-order valence-corrected chi connectivity index (χ3v) is 2.58. The van der Waals surface area contributed by atoms with Gasteiger partial charge in [-0.25, -0.2) is 0 Å². The van der Waals surface area contributed by atoms with Crippen molar-refractivity contribution in [2.75, 3.05) is 0 Å². The first-order chi connectivity index (χ1) is 7.97. The predicted octanol–water partition coefficient (Wildman–Crippen LogP) is 4.92. The van der Waals surface area contributed by atoms with Crippen LogP contribution in [0.3, 0.4) is 0 Å². The summed E-state index contributed by atoms with van der Waals surface area (Å²) in [5.41, 5.74) is 6.72. The molecule has 0 aliphatic heterocycles. The summed E-state index contributed by atoms with van der Waals surface area (Å²) in [6.45, 7) is 10.6. The first-order valence-electron chi connectivity index (χ1n) is 6.05. The molecule has 2 aromatic carbocycles. The Kier molecular flexibility index (Phi) is 4.96. The van der Waals surface area contributed by atoms with Crippen LogP contribution in [0.5, 0.6) is 0 Å². The predicted molar refractivity (Wildman–Crippen MR) is 76.6 cm³/mol. The molecule has 90 valence electrons. The second kappa shape index (κ2) is 6.24. The zero-order chi connectivity index (χ0) is 12.8. The molecule has 0 fully saturated rings. The van der Waals surface area contributed by atoms with Crippen molar-refractivity contribution >= 4 is 0 Å². The van der Waals surface area contributed by atoms with E-state index in [9.17, 15) is 0 Å². The topological polar surface area (TPSA) is 0 Å². The summed E-state index contributed by atoms with van der Waals surface area (Å²) >= 11 is 0. The third kappa shape index (κ3) is 5.35. The minimum absolute atomic E-state index is 1.33. The van der Waals surface area contributed by atoms with Crippen molar-refractivity contribution in [3.05, 3.63) is 70.3 Å². The van der Waals surface area contributed by atoms with Crippen molar-refractivity contribution in [3.8, 4) is 0 Å². The fraction of sp³-hybridized carbons (Fsp3) is 0.294. The van der Waals surface area contributed by atoms with Gasteiger partial charge >= 0.3 is 0 Å². The Bertz CT molecular complexity index is 392.